The highest BCUT2D eigenvalue weighted by atomic mass is 16.6. The van der Waals surface area contributed by atoms with Crippen molar-refractivity contribution in [3.63, 3.8) is 0 Å². The molecule has 3 aromatic rings. The molecule has 1 amide bonds. The molecule has 0 spiro atoms. The van der Waals surface area contributed by atoms with Crippen molar-refractivity contribution in [1.82, 2.24) is 10.1 Å². The number of carbonyl (C=O) groups is 1. The van der Waals surface area contributed by atoms with Gasteiger partial charge in [-0.25, -0.2) is 0 Å². The van der Waals surface area contributed by atoms with Gasteiger partial charge in [-0.3, -0.25) is 14.9 Å². The number of carbonyl (C=O) groups excluding carboxylic acids is 1. The molecule has 0 aliphatic rings. The predicted octanol–water partition coefficient (Wildman–Crippen LogP) is 4.45. The first-order chi connectivity index (χ1) is 14.9. The molecule has 0 radical (unpaired) electrons. The van der Waals surface area contributed by atoms with Crippen molar-refractivity contribution in [2.75, 3.05) is 25.5 Å². The van der Waals surface area contributed by atoms with Gasteiger partial charge in [-0.05, 0) is 32.5 Å². The largest absolute Gasteiger partial charge is 0.361 e. The molecular weight excluding hydrogens is 396 g/mol. The summed E-state index contributed by atoms with van der Waals surface area (Å²) in [6, 6.07) is 16.3. The first kappa shape index (κ1) is 22.2. The van der Waals surface area contributed by atoms with Crippen molar-refractivity contribution in [2.24, 2.45) is 0 Å². The molecule has 1 heterocycles. The van der Waals surface area contributed by atoms with E-state index in [1.165, 1.54) is 12.1 Å². The zero-order valence-corrected chi connectivity index (χ0v) is 17.7. The Morgan fingerprint density at radius 3 is 2.68 bits per heavy atom. The van der Waals surface area contributed by atoms with Crippen LogP contribution in [0.4, 0.5) is 11.4 Å². The molecule has 0 atom stereocenters. The summed E-state index contributed by atoms with van der Waals surface area (Å²) in [5, 5.41) is 17.8. The topological polar surface area (TPSA) is 102 Å². The Kier molecular flexibility index (Phi) is 7.50. The zero-order valence-electron chi connectivity index (χ0n) is 17.7. The van der Waals surface area contributed by atoms with E-state index < -0.39 is 4.92 Å². The van der Waals surface area contributed by atoms with Gasteiger partial charge in [-0.15, -0.1) is 0 Å². The molecule has 2 aromatic carbocycles. The smallest absolute Gasteiger partial charge is 0.271 e. The van der Waals surface area contributed by atoms with E-state index in [0.717, 1.165) is 42.0 Å². The standard InChI is InChI=1S/C23H26N4O4/c1-17-10-11-19(27(29)30)15-21(17)24-23(28)12-14-26(2)13-6-9-20-16-22(25-31-20)18-7-4-3-5-8-18/h3-5,7-8,10-11,15-16H,6,9,12-14H2,1-2H3,(H,24,28). The summed E-state index contributed by atoms with van der Waals surface area (Å²) in [6.45, 7) is 3.20. The Morgan fingerprint density at radius 1 is 1.16 bits per heavy atom. The van der Waals surface area contributed by atoms with Crippen LogP contribution in [0.3, 0.4) is 0 Å². The van der Waals surface area contributed by atoms with Crippen LogP contribution in [0.2, 0.25) is 0 Å². The predicted molar refractivity (Wildman–Crippen MR) is 119 cm³/mol. The molecule has 0 aliphatic carbocycles. The summed E-state index contributed by atoms with van der Waals surface area (Å²) < 4.78 is 5.42. The summed E-state index contributed by atoms with van der Waals surface area (Å²) >= 11 is 0. The summed E-state index contributed by atoms with van der Waals surface area (Å²) in [4.78, 5) is 24.8. The Balaban J connectivity index is 1.40. The molecule has 0 aliphatic heterocycles. The van der Waals surface area contributed by atoms with Gasteiger partial charge in [0.15, 0.2) is 0 Å². The molecule has 0 saturated heterocycles. The van der Waals surface area contributed by atoms with Crippen LogP contribution in [-0.4, -0.2) is 41.0 Å². The summed E-state index contributed by atoms with van der Waals surface area (Å²) in [7, 11) is 1.96. The van der Waals surface area contributed by atoms with E-state index in [2.05, 4.69) is 15.4 Å². The van der Waals surface area contributed by atoms with Gasteiger partial charge in [-0.1, -0.05) is 41.6 Å². The van der Waals surface area contributed by atoms with E-state index in [4.69, 9.17) is 4.52 Å². The first-order valence-corrected chi connectivity index (χ1v) is 10.2. The van der Waals surface area contributed by atoms with Gasteiger partial charge in [0.2, 0.25) is 5.91 Å². The van der Waals surface area contributed by atoms with E-state index in [0.29, 0.717) is 18.7 Å². The van der Waals surface area contributed by atoms with Crippen molar-refractivity contribution in [1.29, 1.82) is 0 Å². The van der Waals surface area contributed by atoms with Gasteiger partial charge in [0.1, 0.15) is 11.5 Å². The second-order valence-corrected chi connectivity index (χ2v) is 7.51. The Labute approximate surface area is 181 Å². The van der Waals surface area contributed by atoms with Crippen LogP contribution in [0, 0.1) is 17.0 Å². The van der Waals surface area contributed by atoms with Crippen molar-refractivity contribution in [2.45, 2.75) is 26.2 Å². The van der Waals surface area contributed by atoms with Crippen LogP contribution in [0.25, 0.3) is 11.3 Å². The number of hydrogen-bond donors (Lipinski definition) is 1. The molecule has 0 bridgehead atoms. The minimum absolute atomic E-state index is 0.0409. The van der Waals surface area contributed by atoms with E-state index in [1.807, 2.05) is 43.4 Å². The molecule has 31 heavy (non-hydrogen) atoms. The third-order valence-corrected chi connectivity index (χ3v) is 5.02. The van der Waals surface area contributed by atoms with Crippen LogP contribution in [0.15, 0.2) is 59.1 Å². The lowest BCUT2D eigenvalue weighted by molar-refractivity contribution is -0.384. The highest BCUT2D eigenvalue weighted by Gasteiger charge is 2.12. The average molecular weight is 422 g/mol. The number of nitrogens with zero attached hydrogens (tertiary/aromatic N) is 3. The molecule has 1 N–H and O–H groups in total. The quantitative estimate of drug-likeness (QED) is 0.383. The second-order valence-electron chi connectivity index (χ2n) is 7.51. The maximum Gasteiger partial charge on any atom is 0.271 e. The zero-order chi connectivity index (χ0) is 22.2. The van der Waals surface area contributed by atoms with Crippen LogP contribution in [-0.2, 0) is 11.2 Å². The number of non-ortho nitro benzene ring substituents is 1. The van der Waals surface area contributed by atoms with Crippen LogP contribution in [0.5, 0.6) is 0 Å². The molecule has 1 aromatic heterocycles. The number of hydrogen-bond acceptors (Lipinski definition) is 6. The van der Waals surface area contributed by atoms with E-state index >= 15 is 0 Å². The number of nitro benzene ring substituents is 1. The van der Waals surface area contributed by atoms with Gasteiger partial charge in [0.25, 0.3) is 5.69 Å². The number of nitro groups is 1. The number of aryl methyl sites for hydroxylation is 2. The average Bonchev–Trinajstić information content (AvgIpc) is 3.23. The lowest BCUT2D eigenvalue weighted by Gasteiger charge is -2.16. The van der Waals surface area contributed by atoms with Crippen LogP contribution < -0.4 is 5.32 Å². The maximum absolute atomic E-state index is 12.3. The molecule has 8 nitrogen and oxygen atoms in total. The van der Waals surface area contributed by atoms with Gasteiger partial charge in [0, 0.05) is 43.1 Å². The van der Waals surface area contributed by atoms with Gasteiger partial charge < -0.3 is 14.7 Å². The maximum atomic E-state index is 12.3. The number of amides is 1. The third kappa shape index (κ3) is 6.48. The SMILES string of the molecule is Cc1ccc([N+](=O)[O-])cc1NC(=O)CCN(C)CCCc1cc(-c2ccccc2)no1. The first-order valence-electron chi connectivity index (χ1n) is 10.2. The van der Waals surface area contributed by atoms with Gasteiger partial charge >= 0.3 is 0 Å². The van der Waals surface area contributed by atoms with Crippen molar-refractivity contribution in [3.05, 3.63) is 76.0 Å². The van der Waals surface area contributed by atoms with Crippen LogP contribution >= 0.6 is 0 Å². The third-order valence-electron chi connectivity index (χ3n) is 5.02. The Hall–Kier alpha value is -3.52. The number of rotatable bonds is 10. The highest BCUT2D eigenvalue weighted by molar-refractivity contribution is 5.92. The van der Waals surface area contributed by atoms with Gasteiger partial charge in [-0.2, -0.15) is 0 Å². The monoisotopic (exact) mass is 422 g/mol. The summed E-state index contributed by atoms with van der Waals surface area (Å²) in [5.74, 6) is 0.671. The summed E-state index contributed by atoms with van der Waals surface area (Å²) in [5.41, 5.74) is 3.08. The number of aromatic nitrogens is 1. The minimum atomic E-state index is -0.472. The fourth-order valence-corrected chi connectivity index (χ4v) is 3.17. The van der Waals surface area contributed by atoms with E-state index in [-0.39, 0.29) is 11.6 Å². The molecule has 8 heteroatoms. The Morgan fingerprint density at radius 2 is 1.94 bits per heavy atom. The lowest BCUT2D eigenvalue weighted by atomic mass is 10.1. The molecule has 162 valence electrons. The number of nitrogens with one attached hydrogen (secondary N) is 1. The van der Waals surface area contributed by atoms with E-state index in [9.17, 15) is 14.9 Å². The number of anilines is 1. The molecule has 3 rings (SSSR count). The lowest BCUT2D eigenvalue weighted by Crippen LogP contribution is -2.25. The molecule has 0 saturated carbocycles. The van der Waals surface area contributed by atoms with Crippen molar-refractivity contribution < 1.29 is 14.2 Å². The molecular formula is C23H26N4O4. The van der Waals surface area contributed by atoms with E-state index in [1.54, 1.807) is 13.0 Å². The minimum Gasteiger partial charge on any atom is -0.361 e. The number of benzene rings is 2. The molecule has 0 fully saturated rings. The van der Waals surface area contributed by atoms with Crippen molar-refractivity contribution in [3.8, 4) is 11.3 Å². The molecule has 0 unspecified atom stereocenters. The summed E-state index contributed by atoms with van der Waals surface area (Å²) in [6.07, 6.45) is 1.95. The fraction of sp³-hybridized carbons (Fsp3) is 0.304. The normalized spacial score (nSPS) is 10.9. The highest BCUT2D eigenvalue weighted by Crippen LogP contribution is 2.22. The second kappa shape index (κ2) is 10.5. The van der Waals surface area contributed by atoms with Crippen molar-refractivity contribution >= 4 is 17.3 Å². The van der Waals surface area contributed by atoms with Crippen LogP contribution in [0.1, 0.15) is 24.2 Å². The van der Waals surface area contributed by atoms with Gasteiger partial charge in [0.05, 0.1) is 10.6 Å². The fourth-order valence-electron chi connectivity index (χ4n) is 3.17. The Bertz CT molecular complexity index is 1030.